The molecule has 1 saturated heterocycles. The lowest BCUT2D eigenvalue weighted by molar-refractivity contribution is -0.315. The van der Waals surface area contributed by atoms with E-state index in [1.165, 1.54) is 0 Å². The SMILES string of the molecule is NCC[C@H](O)C(=O)N[C@H]1C[C@@H](O)C(O[C@H]2O[C@H](CNCCCO)[C@@H](O)[C@H](O)[C@H]2O)[C@@H](N)C1. The van der Waals surface area contributed by atoms with Crippen LogP contribution in [-0.4, -0.2) is 124 Å². The largest absolute Gasteiger partial charge is 0.396 e. The molecule has 32 heavy (non-hydrogen) atoms. The van der Waals surface area contributed by atoms with Crippen LogP contribution < -0.4 is 22.1 Å². The predicted octanol–water partition coefficient (Wildman–Crippen LogP) is -5.17. The van der Waals surface area contributed by atoms with Crippen molar-refractivity contribution in [2.75, 3.05) is 26.2 Å². The Morgan fingerprint density at radius 1 is 1.16 bits per heavy atom. The molecule has 1 saturated carbocycles. The predicted molar refractivity (Wildman–Crippen MR) is 111 cm³/mol. The minimum absolute atomic E-state index is 0.000954. The van der Waals surface area contributed by atoms with Gasteiger partial charge in [-0.25, -0.2) is 0 Å². The molecule has 1 aliphatic heterocycles. The fourth-order valence-electron chi connectivity index (χ4n) is 3.97. The molecular formula is C19H38N4O9. The number of amides is 1. The number of hydrogen-bond donors (Lipinski definition) is 10. The van der Waals surface area contributed by atoms with Crippen molar-refractivity contribution in [1.82, 2.24) is 10.6 Å². The number of rotatable bonds is 11. The summed E-state index contributed by atoms with van der Waals surface area (Å²) in [5, 5.41) is 65.3. The van der Waals surface area contributed by atoms with E-state index in [0.717, 1.165) is 0 Å². The van der Waals surface area contributed by atoms with Crippen molar-refractivity contribution in [3.05, 3.63) is 0 Å². The summed E-state index contributed by atoms with van der Waals surface area (Å²) >= 11 is 0. The highest BCUT2D eigenvalue weighted by atomic mass is 16.7. The third-order valence-corrected chi connectivity index (χ3v) is 5.79. The number of carbonyl (C=O) groups is 1. The third kappa shape index (κ3) is 7.27. The second-order valence-electron chi connectivity index (χ2n) is 8.40. The van der Waals surface area contributed by atoms with Crippen molar-refractivity contribution < 1.29 is 44.9 Å². The zero-order valence-corrected chi connectivity index (χ0v) is 18.0. The zero-order chi connectivity index (χ0) is 23.8. The second kappa shape index (κ2) is 13.1. The van der Waals surface area contributed by atoms with Crippen LogP contribution in [0.15, 0.2) is 0 Å². The summed E-state index contributed by atoms with van der Waals surface area (Å²) in [6.45, 7) is 0.758. The van der Waals surface area contributed by atoms with Crippen LogP contribution in [0.4, 0.5) is 0 Å². The van der Waals surface area contributed by atoms with Gasteiger partial charge in [-0.15, -0.1) is 0 Å². The van der Waals surface area contributed by atoms with E-state index in [4.69, 9.17) is 26.0 Å². The van der Waals surface area contributed by atoms with Gasteiger partial charge in [0.05, 0.1) is 6.10 Å². The number of carbonyl (C=O) groups excluding carboxylic acids is 1. The fourth-order valence-corrected chi connectivity index (χ4v) is 3.97. The quantitative estimate of drug-likeness (QED) is 0.129. The van der Waals surface area contributed by atoms with Gasteiger partial charge in [0.2, 0.25) is 5.91 Å². The molecule has 0 spiro atoms. The van der Waals surface area contributed by atoms with Gasteiger partial charge in [-0.05, 0) is 38.8 Å². The highest BCUT2D eigenvalue weighted by Gasteiger charge is 2.47. The van der Waals surface area contributed by atoms with E-state index in [2.05, 4.69) is 10.6 Å². The van der Waals surface area contributed by atoms with Crippen LogP contribution in [-0.2, 0) is 14.3 Å². The minimum Gasteiger partial charge on any atom is -0.396 e. The molecule has 0 aromatic rings. The highest BCUT2D eigenvalue weighted by molar-refractivity contribution is 5.80. The van der Waals surface area contributed by atoms with E-state index in [0.29, 0.717) is 13.0 Å². The van der Waals surface area contributed by atoms with E-state index in [1.54, 1.807) is 0 Å². The van der Waals surface area contributed by atoms with Gasteiger partial charge in [-0.3, -0.25) is 4.79 Å². The smallest absolute Gasteiger partial charge is 0.249 e. The zero-order valence-electron chi connectivity index (χ0n) is 18.0. The Balaban J connectivity index is 1.93. The van der Waals surface area contributed by atoms with E-state index in [-0.39, 0.29) is 39.0 Å². The van der Waals surface area contributed by atoms with Crippen LogP contribution in [0.5, 0.6) is 0 Å². The highest BCUT2D eigenvalue weighted by Crippen LogP contribution is 2.28. The van der Waals surface area contributed by atoms with Crippen molar-refractivity contribution in [3.8, 4) is 0 Å². The van der Waals surface area contributed by atoms with Crippen LogP contribution in [0.1, 0.15) is 25.7 Å². The number of nitrogens with one attached hydrogen (secondary N) is 2. The Morgan fingerprint density at radius 2 is 1.88 bits per heavy atom. The molecule has 13 heteroatoms. The number of hydrogen-bond acceptors (Lipinski definition) is 12. The normalized spacial score (nSPS) is 38.9. The summed E-state index contributed by atoms with van der Waals surface area (Å²) in [7, 11) is 0. The summed E-state index contributed by atoms with van der Waals surface area (Å²) in [6, 6.07) is -1.23. The molecule has 0 aromatic carbocycles. The van der Waals surface area contributed by atoms with Crippen LogP contribution in [0.2, 0.25) is 0 Å². The molecule has 1 unspecified atom stereocenters. The Bertz CT molecular complexity index is 563. The molecule has 0 bridgehead atoms. The second-order valence-corrected chi connectivity index (χ2v) is 8.40. The Labute approximate surface area is 186 Å². The van der Waals surface area contributed by atoms with Crippen molar-refractivity contribution >= 4 is 5.91 Å². The first-order chi connectivity index (χ1) is 15.2. The number of ether oxygens (including phenoxy) is 2. The van der Waals surface area contributed by atoms with E-state index >= 15 is 0 Å². The lowest BCUT2D eigenvalue weighted by atomic mass is 9.86. The first-order valence-electron chi connectivity index (χ1n) is 11.0. The Morgan fingerprint density at radius 3 is 2.50 bits per heavy atom. The average molecular weight is 467 g/mol. The molecule has 10 atom stereocenters. The molecule has 0 aromatic heterocycles. The van der Waals surface area contributed by atoms with Crippen molar-refractivity contribution in [3.63, 3.8) is 0 Å². The van der Waals surface area contributed by atoms with Gasteiger partial charge < -0.3 is 62.2 Å². The first-order valence-corrected chi connectivity index (χ1v) is 11.0. The monoisotopic (exact) mass is 466 g/mol. The maximum atomic E-state index is 12.0. The van der Waals surface area contributed by atoms with Gasteiger partial charge in [0, 0.05) is 25.2 Å². The summed E-state index contributed by atoms with van der Waals surface area (Å²) in [6.07, 6.45) is -9.08. The van der Waals surface area contributed by atoms with Crippen LogP contribution in [0.3, 0.4) is 0 Å². The fraction of sp³-hybridized carbons (Fsp3) is 0.947. The van der Waals surface area contributed by atoms with Gasteiger partial charge in [0.1, 0.15) is 36.6 Å². The Hall–Kier alpha value is -0.970. The summed E-state index contributed by atoms with van der Waals surface area (Å²) < 4.78 is 11.3. The summed E-state index contributed by atoms with van der Waals surface area (Å²) in [5.74, 6) is -0.598. The Kier molecular flexibility index (Phi) is 11.1. The molecule has 13 nitrogen and oxygen atoms in total. The van der Waals surface area contributed by atoms with Gasteiger partial charge in [-0.2, -0.15) is 0 Å². The topological polar surface area (TPSA) is 233 Å². The molecule has 0 radical (unpaired) electrons. The van der Waals surface area contributed by atoms with Gasteiger partial charge in [0.25, 0.3) is 0 Å². The molecular weight excluding hydrogens is 428 g/mol. The number of aliphatic hydroxyl groups excluding tert-OH is 6. The standard InChI is InChI=1S/C19H38N4O9/c20-3-2-11(25)18(30)23-9-6-10(21)17(12(26)7-9)32-19-16(29)15(28)14(27)13(31-19)8-22-4-1-5-24/h9-17,19,22,24-29H,1-8,20-21H2,(H,23,30)/t9-,10+,11+,12-,13-,14-,15+,16-,17?,19-/m1/s1. The molecule has 2 fully saturated rings. The number of aliphatic hydroxyl groups is 6. The van der Waals surface area contributed by atoms with Gasteiger partial charge >= 0.3 is 0 Å². The van der Waals surface area contributed by atoms with Gasteiger partial charge in [-0.1, -0.05) is 0 Å². The summed E-state index contributed by atoms with van der Waals surface area (Å²) in [5.41, 5.74) is 11.5. The van der Waals surface area contributed by atoms with E-state index < -0.39 is 67.0 Å². The molecule has 2 rings (SSSR count). The van der Waals surface area contributed by atoms with Crippen LogP contribution in [0.25, 0.3) is 0 Å². The van der Waals surface area contributed by atoms with Crippen LogP contribution in [0, 0.1) is 0 Å². The number of nitrogens with two attached hydrogens (primary N) is 2. The van der Waals surface area contributed by atoms with E-state index in [1.807, 2.05) is 0 Å². The minimum atomic E-state index is -1.57. The third-order valence-electron chi connectivity index (χ3n) is 5.79. The maximum absolute atomic E-state index is 12.0. The van der Waals surface area contributed by atoms with Gasteiger partial charge in [0.15, 0.2) is 6.29 Å². The van der Waals surface area contributed by atoms with Crippen molar-refractivity contribution in [2.45, 2.75) is 86.8 Å². The first kappa shape index (κ1) is 27.3. The molecule has 1 heterocycles. The van der Waals surface area contributed by atoms with Crippen molar-refractivity contribution in [1.29, 1.82) is 0 Å². The van der Waals surface area contributed by atoms with E-state index in [9.17, 15) is 30.3 Å². The summed E-state index contributed by atoms with van der Waals surface area (Å²) in [4.78, 5) is 12.0. The van der Waals surface area contributed by atoms with Crippen LogP contribution >= 0.6 is 0 Å². The molecule has 1 aliphatic carbocycles. The lowest BCUT2D eigenvalue weighted by Gasteiger charge is -2.44. The molecule has 1 amide bonds. The molecule has 188 valence electrons. The molecule has 12 N–H and O–H groups in total. The lowest BCUT2D eigenvalue weighted by Crippen LogP contribution is -2.63. The molecule has 2 aliphatic rings. The maximum Gasteiger partial charge on any atom is 0.249 e. The average Bonchev–Trinajstić information content (AvgIpc) is 2.74. The van der Waals surface area contributed by atoms with Crippen molar-refractivity contribution in [2.24, 2.45) is 11.5 Å².